The molecule has 3 saturated carbocycles. The predicted octanol–water partition coefficient (Wildman–Crippen LogP) is 2.56. The molecule has 1 amide bonds. The third kappa shape index (κ3) is 3.13. The lowest BCUT2D eigenvalue weighted by molar-refractivity contribution is -0.359. The largest absolute Gasteiger partial charge is 0.522 e. The van der Waals surface area contributed by atoms with Gasteiger partial charge in [-0.05, 0) is 33.1 Å². The Kier molecular flexibility index (Phi) is 3.93. The van der Waals surface area contributed by atoms with Crippen LogP contribution in [-0.2, 0) is 14.9 Å². The van der Waals surface area contributed by atoms with Crippen molar-refractivity contribution >= 4 is 11.7 Å². The first kappa shape index (κ1) is 18.4. The molecule has 1 N–H and O–H groups in total. The Hall–Kier alpha value is -1.97. The summed E-state index contributed by atoms with van der Waals surface area (Å²) in [7, 11) is 0. The molecular weight excluding hydrogens is 368 g/mol. The van der Waals surface area contributed by atoms with E-state index >= 15 is 0 Å². The van der Waals surface area contributed by atoms with Gasteiger partial charge in [0.05, 0.1) is 11.7 Å². The van der Waals surface area contributed by atoms with E-state index in [1.54, 1.807) is 13.0 Å². The number of carbonyl (C=O) groups is 1. The summed E-state index contributed by atoms with van der Waals surface area (Å²) >= 11 is 0. The van der Waals surface area contributed by atoms with Crippen LogP contribution in [0.15, 0.2) is 12.4 Å². The number of anilines is 1. The number of ether oxygens (including phenoxy) is 1. The molecular formula is C17H20F4N4O2. The van der Waals surface area contributed by atoms with Crippen LogP contribution in [0, 0.1) is 0 Å². The zero-order valence-electron chi connectivity index (χ0n) is 14.9. The number of aromatic nitrogens is 2. The maximum Gasteiger partial charge on any atom is 0.522 e. The van der Waals surface area contributed by atoms with Gasteiger partial charge in [-0.3, -0.25) is 9.53 Å². The molecule has 4 aliphatic rings. The lowest BCUT2D eigenvalue weighted by Crippen LogP contribution is -2.67. The Bertz CT molecular complexity index is 752. The first-order valence-electron chi connectivity index (χ1n) is 8.83. The molecule has 27 heavy (non-hydrogen) atoms. The van der Waals surface area contributed by atoms with Gasteiger partial charge in [0, 0.05) is 18.0 Å². The highest BCUT2D eigenvalue weighted by atomic mass is 19.4. The highest BCUT2D eigenvalue weighted by Gasteiger charge is 2.70. The maximum atomic E-state index is 13.7. The molecule has 10 heteroatoms. The second kappa shape index (κ2) is 5.76. The summed E-state index contributed by atoms with van der Waals surface area (Å²) < 4.78 is 54.6. The first-order valence-corrected chi connectivity index (χ1v) is 8.83. The molecule has 0 radical (unpaired) electrons. The molecule has 2 bridgehead atoms. The van der Waals surface area contributed by atoms with E-state index in [-0.39, 0.29) is 17.9 Å². The SMILES string of the molecule is C[C@@H](Nc1cc(C23CC(F)(C2)C3)ncn1)C(=O)N1C[C@H](OC(F)(F)F)[C@@H]1C. The normalized spacial score (nSPS) is 35.6. The molecule has 4 fully saturated rings. The number of halogens is 4. The summed E-state index contributed by atoms with van der Waals surface area (Å²) in [5.41, 5.74) is -0.491. The van der Waals surface area contributed by atoms with Crippen molar-refractivity contribution in [1.29, 1.82) is 0 Å². The van der Waals surface area contributed by atoms with Gasteiger partial charge in [0.15, 0.2) is 0 Å². The average Bonchev–Trinajstić information content (AvgIpc) is 2.53. The Balaban J connectivity index is 1.34. The van der Waals surface area contributed by atoms with Gasteiger partial charge in [-0.15, -0.1) is 13.2 Å². The number of hydrogen-bond acceptors (Lipinski definition) is 5. The van der Waals surface area contributed by atoms with Crippen LogP contribution < -0.4 is 5.32 Å². The van der Waals surface area contributed by atoms with Gasteiger partial charge >= 0.3 is 6.36 Å². The van der Waals surface area contributed by atoms with Gasteiger partial charge in [-0.25, -0.2) is 14.4 Å². The Morgan fingerprint density at radius 3 is 2.59 bits per heavy atom. The highest BCUT2D eigenvalue weighted by molar-refractivity contribution is 5.85. The summed E-state index contributed by atoms with van der Waals surface area (Å²) in [4.78, 5) is 22.2. The second-order valence-corrected chi connectivity index (χ2v) is 7.95. The summed E-state index contributed by atoms with van der Waals surface area (Å²) in [5, 5.41) is 2.96. The number of hydrogen-bond donors (Lipinski definition) is 1. The van der Waals surface area contributed by atoms with Crippen molar-refractivity contribution in [1.82, 2.24) is 14.9 Å². The van der Waals surface area contributed by atoms with Crippen molar-refractivity contribution in [3.63, 3.8) is 0 Å². The van der Waals surface area contributed by atoms with E-state index in [2.05, 4.69) is 20.0 Å². The van der Waals surface area contributed by atoms with Gasteiger partial charge in [0.25, 0.3) is 0 Å². The van der Waals surface area contributed by atoms with Crippen molar-refractivity contribution in [3.05, 3.63) is 18.1 Å². The van der Waals surface area contributed by atoms with E-state index in [1.807, 2.05) is 0 Å². The molecule has 1 saturated heterocycles. The third-order valence-corrected chi connectivity index (χ3v) is 5.89. The Morgan fingerprint density at radius 2 is 2.04 bits per heavy atom. The predicted molar refractivity (Wildman–Crippen MR) is 86.6 cm³/mol. The molecule has 6 nitrogen and oxygen atoms in total. The van der Waals surface area contributed by atoms with Crippen LogP contribution in [0.4, 0.5) is 23.4 Å². The summed E-state index contributed by atoms with van der Waals surface area (Å²) in [6.45, 7) is 3.03. The van der Waals surface area contributed by atoms with Crippen LogP contribution in [0.5, 0.6) is 0 Å². The van der Waals surface area contributed by atoms with Crippen LogP contribution in [-0.4, -0.2) is 57.5 Å². The smallest absolute Gasteiger partial charge is 0.359 e. The number of rotatable bonds is 5. The lowest BCUT2D eigenvalue weighted by Gasteiger charge is -2.65. The second-order valence-electron chi connectivity index (χ2n) is 7.95. The van der Waals surface area contributed by atoms with Crippen molar-refractivity contribution < 1.29 is 27.1 Å². The number of amides is 1. The van der Waals surface area contributed by atoms with Crippen molar-refractivity contribution in [2.24, 2.45) is 0 Å². The van der Waals surface area contributed by atoms with Gasteiger partial charge < -0.3 is 10.2 Å². The fraction of sp³-hybridized carbons (Fsp3) is 0.706. The van der Waals surface area contributed by atoms with Gasteiger partial charge in [0.1, 0.15) is 30.0 Å². The van der Waals surface area contributed by atoms with Crippen molar-refractivity contribution in [2.75, 3.05) is 11.9 Å². The average molecular weight is 388 g/mol. The summed E-state index contributed by atoms with van der Waals surface area (Å²) in [6, 6.07) is 0.380. The fourth-order valence-corrected chi connectivity index (χ4v) is 4.37. The minimum Gasteiger partial charge on any atom is -0.359 e. The quantitative estimate of drug-likeness (QED) is 0.786. The Morgan fingerprint density at radius 1 is 1.37 bits per heavy atom. The lowest BCUT2D eigenvalue weighted by atomic mass is 9.41. The van der Waals surface area contributed by atoms with E-state index in [9.17, 15) is 22.4 Å². The number of nitrogens with one attached hydrogen (secondary N) is 1. The van der Waals surface area contributed by atoms with Crippen LogP contribution in [0.1, 0.15) is 38.8 Å². The molecule has 1 aliphatic heterocycles. The first-order chi connectivity index (χ1) is 12.5. The molecule has 1 aromatic heterocycles. The van der Waals surface area contributed by atoms with E-state index in [1.165, 1.54) is 18.2 Å². The number of likely N-dealkylation sites (tertiary alicyclic amines) is 1. The molecule has 5 rings (SSSR count). The number of alkyl halides is 4. The highest BCUT2D eigenvalue weighted by Crippen LogP contribution is 2.69. The molecule has 3 aliphatic carbocycles. The minimum absolute atomic E-state index is 0.109. The van der Waals surface area contributed by atoms with Crippen molar-refractivity contribution in [3.8, 4) is 0 Å². The van der Waals surface area contributed by atoms with Crippen molar-refractivity contribution in [2.45, 2.75) is 68.7 Å². The van der Waals surface area contributed by atoms with Crippen LogP contribution in [0.3, 0.4) is 0 Å². The van der Waals surface area contributed by atoms with Gasteiger partial charge in [-0.1, -0.05) is 0 Å². The zero-order valence-corrected chi connectivity index (χ0v) is 14.9. The number of nitrogens with zero attached hydrogens (tertiary/aromatic N) is 3. The summed E-state index contributed by atoms with van der Waals surface area (Å²) in [6.07, 6.45) is -2.98. The maximum absolute atomic E-state index is 13.7. The molecule has 2 heterocycles. The Labute approximate surface area is 153 Å². The third-order valence-electron chi connectivity index (χ3n) is 5.89. The van der Waals surface area contributed by atoms with E-state index in [0.717, 1.165) is 5.69 Å². The van der Waals surface area contributed by atoms with Gasteiger partial charge in [-0.2, -0.15) is 0 Å². The summed E-state index contributed by atoms with van der Waals surface area (Å²) in [5.74, 6) is 0.104. The molecule has 0 spiro atoms. The molecule has 148 valence electrons. The van der Waals surface area contributed by atoms with Crippen LogP contribution in [0.2, 0.25) is 0 Å². The molecule has 1 aromatic rings. The van der Waals surface area contributed by atoms with Crippen LogP contribution >= 0.6 is 0 Å². The standard InChI is InChI=1S/C17H20F4N4O2/c1-9(14(26)25-4-11(10(25)2)27-17(19,20)21)24-13-3-12(22-8-23-13)15-5-16(18,6-15)7-15/h3,8-11H,4-7H2,1-2H3,(H,22,23,24)/t9-,10+,11+,15?,16?/m1/s1. The molecule has 3 atom stereocenters. The minimum atomic E-state index is -4.71. The fourth-order valence-electron chi connectivity index (χ4n) is 4.37. The molecule has 0 aromatic carbocycles. The number of carbonyl (C=O) groups excluding carboxylic acids is 1. The van der Waals surface area contributed by atoms with Gasteiger partial charge in [0.2, 0.25) is 5.91 Å². The van der Waals surface area contributed by atoms with Crippen LogP contribution in [0.25, 0.3) is 0 Å². The topological polar surface area (TPSA) is 67.4 Å². The monoisotopic (exact) mass is 388 g/mol. The molecule has 0 unspecified atom stereocenters. The van der Waals surface area contributed by atoms with E-state index < -0.39 is 30.2 Å². The zero-order chi connectivity index (χ0) is 19.6. The van der Waals surface area contributed by atoms with E-state index in [0.29, 0.717) is 25.1 Å². The van der Waals surface area contributed by atoms with E-state index in [4.69, 9.17) is 0 Å².